The van der Waals surface area contributed by atoms with Crippen molar-refractivity contribution in [3.05, 3.63) is 58.6 Å². The van der Waals surface area contributed by atoms with Crippen molar-refractivity contribution >= 4 is 23.0 Å². The summed E-state index contributed by atoms with van der Waals surface area (Å²) in [5.74, 6) is 0. The lowest BCUT2D eigenvalue weighted by molar-refractivity contribution is -0.0147. The Morgan fingerprint density at radius 1 is 1.23 bits per heavy atom. The Balaban J connectivity index is 1.28. The zero-order chi connectivity index (χ0) is 21.8. The third-order valence-corrected chi connectivity index (χ3v) is 5.48. The highest BCUT2D eigenvalue weighted by Crippen LogP contribution is 2.28. The Morgan fingerprint density at radius 3 is 2.74 bits per heavy atom. The van der Waals surface area contributed by atoms with Gasteiger partial charge in [-0.2, -0.15) is 5.26 Å². The first-order valence-electron chi connectivity index (χ1n) is 10.2. The van der Waals surface area contributed by atoms with E-state index in [0.29, 0.717) is 22.9 Å². The van der Waals surface area contributed by atoms with Crippen LogP contribution in [-0.4, -0.2) is 43.3 Å². The Kier molecular flexibility index (Phi) is 6.92. The summed E-state index contributed by atoms with van der Waals surface area (Å²) in [6.07, 6.45) is -0.400. The van der Waals surface area contributed by atoms with Gasteiger partial charge in [-0.15, -0.1) is 0 Å². The van der Waals surface area contributed by atoms with Crippen LogP contribution in [0.2, 0.25) is 5.02 Å². The van der Waals surface area contributed by atoms with Crippen LogP contribution in [0.1, 0.15) is 30.5 Å². The lowest BCUT2D eigenvalue weighted by atomic mass is 10.1. The van der Waals surface area contributed by atoms with Crippen molar-refractivity contribution in [2.45, 2.75) is 44.4 Å². The summed E-state index contributed by atoms with van der Waals surface area (Å²) in [5, 5.41) is 28.9. The second kappa shape index (κ2) is 9.83. The molecule has 2 aromatic rings. The Bertz CT molecular complexity index is 947. The number of epoxide rings is 1. The fourth-order valence-electron chi connectivity index (χ4n) is 3.42. The summed E-state index contributed by atoms with van der Waals surface area (Å²) in [5.41, 5.74) is 2.77. The molecule has 2 heterocycles. The molecule has 31 heavy (non-hydrogen) atoms. The van der Waals surface area contributed by atoms with Gasteiger partial charge in [-0.25, -0.2) is 0 Å². The molecule has 9 heteroatoms. The number of aliphatic hydroxyl groups is 1. The zero-order valence-corrected chi connectivity index (χ0v) is 17.8. The third-order valence-electron chi connectivity index (χ3n) is 5.16. The second-order valence-corrected chi connectivity index (χ2v) is 7.97. The van der Waals surface area contributed by atoms with Crippen molar-refractivity contribution in [2.75, 3.05) is 23.8 Å². The highest BCUT2D eigenvalue weighted by atomic mass is 35.5. The number of rotatable bonds is 9. The van der Waals surface area contributed by atoms with Gasteiger partial charge < -0.3 is 30.0 Å². The number of halogens is 1. The fourth-order valence-corrected chi connectivity index (χ4v) is 3.64. The van der Waals surface area contributed by atoms with Crippen LogP contribution in [0.15, 0.2) is 42.5 Å². The van der Waals surface area contributed by atoms with E-state index in [1.165, 1.54) is 0 Å². The molecular weight excluding hydrogens is 420 g/mol. The van der Waals surface area contributed by atoms with E-state index in [1.54, 1.807) is 18.2 Å². The maximum absolute atomic E-state index is 10.3. The average Bonchev–Trinajstić information content (AvgIpc) is 3.24. The molecule has 0 aliphatic carbocycles. The summed E-state index contributed by atoms with van der Waals surface area (Å²) in [6.45, 7) is 3.41. The second-order valence-electron chi connectivity index (χ2n) is 7.56. The molecule has 0 radical (unpaired) electrons. The number of anilines is 2. The highest BCUT2D eigenvalue weighted by molar-refractivity contribution is 6.32. The lowest BCUT2D eigenvalue weighted by Gasteiger charge is -2.19. The van der Waals surface area contributed by atoms with Gasteiger partial charge in [0, 0.05) is 24.0 Å². The van der Waals surface area contributed by atoms with Crippen LogP contribution in [0.5, 0.6) is 0 Å². The van der Waals surface area contributed by atoms with Crippen LogP contribution in [0.4, 0.5) is 11.4 Å². The largest absolute Gasteiger partial charge is 0.379 e. The number of nitrogens with zero attached hydrogens (tertiary/aromatic N) is 1. The number of hydrogen-bond acceptors (Lipinski definition) is 8. The summed E-state index contributed by atoms with van der Waals surface area (Å²) < 4.78 is 16.7. The van der Waals surface area contributed by atoms with Crippen molar-refractivity contribution in [1.29, 1.82) is 5.26 Å². The number of hydrogen-bond donors (Lipinski definition) is 4. The molecule has 164 valence electrons. The molecule has 8 nitrogen and oxygen atoms in total. The SMILES string of the molecule is C[C@H](NC1OC1O[C@H]1CCOC1)c1cccc(NC(O)Nc2ccc(C#N)c(Cl)c2)c1. The molecule has 3 unspecified atom stereocenters. The molecule has 2 aliphatic heterocycles. The predicted octanol–water partition coefficient (Wildman–Crippen LogP) is 3.15. The van der Waals surface area contributed by atoms with Crippen molar-refractivity contribution in [1.82, 2.24) is 5.32 Å². The minimum absolute atomic E-state index is 0.0302. The van der Waals surface area contributed by atoms with Crippen LogP contribution in [0, 0.1) is 11.3 Å². The first-order chi connectivity index (χ1) is 15.0. The quantitative estimate of drug-likeness (QED) is 0.345. The maximum atomic E-state index is 10.3. The van der Waals surface area contributed by atoms with Crippen molar-refractivity contribution in [3.63, 3.8) is 0 Å². The van der Waals surface area contributed by atoms with Gasteiger partial charge in [-0.05, 0) is 49.2 Å². The summed E-state index contributed by atoms with van der Waals surface area (Å²) in [7, 11) is 0. The molecule has 0 saturated carbocycles. The topological polar surface area (TPSA) is 111 Å². The molecule has 0 spiro atoms. The van der Waals surface area contributed by atoms with Crippen LogP contribution in [0.25, 0.3) is 0 Å². The molecule has 5 atom stereocenters. The van der Waals surface area contributed by atoms with Gasteiger partial charge >= 0.3 is 0 Å². The molecule has 0 bridgehead atoms. The van der Waals surface area contributed by atoms with E-state index in [4.69, 9.17) is 31.1 Å². The average molecular weight is 445 g/mol. The van der Waals surface area contributed by atoms with Gasteiger partial charge in [0.15, 0.2) is 12.5 Å². The number of aliphatic hydroxyl groups excluding tert-OH is 1. The molecule has 2 aromatic carbocycles. The molecule has 0 aromatic heterocycles. The number of benzene rings is 2. The van der Waals surface area contributed by atoms with Crippen molar-refractivity contribution in [3.8, 4) is 6.07 Å². The summed E-state index contributed by atoms with van der Waals surface area (Å²) >= 11 is 6.04. The highest BCUT2D eigenvalue weighted by Gasteiger charge is 2.43. The van der Waals surface area contributed by atoms with E-state index in [0.717, 1.165) is 24.3 Å². The van der Waals surface area contributed by atoms with E-state index in [2.05, 4.69) is 16.0 Å². The first kappa shape index (κ1) is 21.8. The van der Waals surface area contributed by atoms with Crippen LogP contribution < -0.4 is 16.0 Å². The van der Waals surface area contributed by atoms with Gasteiger partial charge in [-0.3, -0.25) is 5.32 Å². The minimum atomic E-state index is -1.04. The van der Waals surface area contributed by atoms with Crippen LogP contribution in [-0.2, 0) is 14.2 Å². The van der Waals surface area contributed by atoms with Gasteiger partial charge in [0.25, 0.3) is 0 Å². The molecular formula is C22H25ClN4O4. The Hall–Kier alpha value is -2.38. The summed E-state index contributed by atoms with van der Waals surface area (Å²) in [4.78, 5) is 0. The van der Waals surface area contributed by atoms with Gasteiger partial charge in [0.2, 0.25) is 6.35 Å². The van der Waals surface area contributed by atoms with E-state index in [-0.39, 0.29) is 24.7 Å². The molecule has 2 fully saturated rings. The van der Waals surface area contributed by atoms with Crippen molar-refractivity contribution < 1.29 is 19.3 Å². The Morgan fingerprint density at radius 2 is 2.03 bits per heavy atom. The minimum Gasteiger partial charge on any atom is -0.379 e. The molecule has 4 N–H and O–H groups in total. The Labute approximate surface area is 186 Å². The number of nitriles is 1. The van der Waals surface area contributed by atoms with Crippen molar-refractivity contribution in [2.24, 2.45) is 0 Å². The van der Waals surface area contributed by atoms with Gasteiger partial charge in [0.1, 0.15) is 6.07 Å². The number of ether oxygens (including phenoxy) is 3. The maximum Gasteiger partial charge on any atom is 0.202 e. The molecule has 0 amide bonds. The molecule has 2 aliphatic rings. The van der Waals surface area contributed by atoms with Crippen LogP contribution >= 0.6 is 11.6 Å². The smallest absolute Gasteiger partial charge is 0.202 e. The van der Waals surface area contributed by atoms with Crippen LogP contribution in [0.3, 0.4) is 0 Å². The monoisotopic (exact) mass is 444 g/mol. The molecule has 2 saturated heterocycles. The van der Waals surface area contributed by atoms with E-state index in [1.807, 2.05) is 37.3 Å². The zero-order valence-electron chi connectivity index (χ0n) is 17.0. The molecule has 4 rings (SSSR count). The van der Waals surface area contributed by atoms with E-state index < -0.39 is 6.35 Å². The summed E-state index contributed by atoms with van der Waals surface area (Å²) in [6, 6.07) is 14.7. The number of nitrogens with one attached hydrogen (secondary N) is 3. The van der Waals surface area contributed by atoms with Gasteiger partial charge in [-0.1, -0.05) is 23.7 Å². The lowest BCUT2D eigenvalue weighted by Crippen LogP contribution is -2.28. The van der Waals surface area contributed by atoms with Gasteiger partial charge in [0.05, 0.1) is 23.3 Å². The van der Waals surface area contributed by atoms with E-state index >= 15 is 0 Å². The van der Waals surface area contributed by atoms with E-state index in [9.17, 15) is 5.11 Å². The predicted molar refractivity (Wildman–Crippen MR) is 116 cm³/mol. The third kappa shape index (κ3) is 5.86. The first-order valence-corrected chi connectivity index (χ1v) is 10.5. The standard InChI is InChI=1S/C22H25ClN4O4/c1-13(25-20-21(31-20)30-18-7-8-29-12-18)14-3-2-4-16(9-14)26-22(28)27-17-6-5-15(11-24)19(23)10-17/h2-6,9-10,13,18,20-22,25-28H,7-8,12H2,1H3/t13-,18-,20?,21?,22?/m0/s1. The normalized spacial score (nSPS) is 24.3. The fraction of sp³-hybridized carbons (Fsp3) is 0.409.